The van der Waals surface area contributed by atoms with Crippen molar-refractivity contribution in [3.8, 4) is 11.1 Å². The van der Waals surface area contributed by atoms with Crippen LogP contribution >= 0.6 is 0 Å². The highest BCUT2D eigenvalue weighted by Crippen LogP contribution is 2.31. The molecule has 1 fully saturated rings. The summed E-state index contributed by atoms with van der Waals surface area (Å²) in [6.07, 6.45) is 3.25. The molecule has 0 radical (unpaired) electrons. The second-order valence-electron chi connectivity index (χ2n) is 8.59. The molecule has 2 heterocycles. The van der Waals surface area contributed by atoms with Crippen LogP contribution < -0.4 is 5.56 Å². The Kier molecular flexibility index (Phi) is 6.66. The van der Waals surface area contributed by atoms with E-state index in [2.05, 4.69) is 6.92 Å². The lowest BCUT2D eigenvalue weighted by Gasteiger charge is -2.38. The molecule has 1 aliphatic rings. The van der Waals surface area contributed by atoms with Crippen LogP contribution in [0.4, 0.5) is 4.79 Å². The first kappa shape index (κ1) is 22.1. The summed E-state index contributed by atoms with van der Waals surface area (Å²) in [7, 11) is 0. The third-order valence-electron chi connectivity index (χ3n) is 5.64. The minimum atomic E-state index is -0.854. The number of aliphatic hydroxyl groups is 1. The van der Waals surface area contributed by atoms with E-state index >= 15 is 0 Å². The molecule has 30 heavy (non-hydrogen) atoms. The Morgan fingerprint density at radius 3 is 2.33 bits per heavy atom. The number of cyclic esters (lactones) is 1. The van der Waals surface area contributed by atoms with Gasteiger partial charge in [-0.15, -0.1) is 0 Å². The van der Waals surface area contributed by atoms with Crippen molar-refractivity contribution in [1.82, 2.24) is 9.47 Å². The van der Waals surface area contributed by atoms with Crippen LogP contribution in [-0.2, 0) is 11.3 Å². The molecule has 1 aromatic heterocycles. The largest absolute Gasteiger partial charge is 0.446 e. The lowest BCUT2D eigenvalue weighted by atomic mass is 9.96. The number of amides is 1. The van der Waals surface area contributed by atoms with Crippen molar-refractivity contribution in [3.05, 3.63) is 58.5 Å². The molecule has 1 aliphatic heterocycles. The summed E-state index contributed by atoms with van der Waals surface area (Å²) < 4.78 is 7.29. The Morgan fingerprint density at radius 1 is 1.10 bits per heavy atom. The second kappa shape index (κ2) is 9.04. The fourth-order valence-electron chi connectivity index (χ4n) is 4.11. The Morgan fingerprint density at radius 2 is 1.77 bits per heavy atom. The number of hydrogen-bond acceptors (Lipinski definition) is 4. The smallest absolute Gasteiger partial charge is 0.410 e. The third-order valence-corrected chi connectivity index (χ3v) is 5.64. The number of benzene rings is 1. The summed E-state index contributed by atoms with van der Waals surface area (Å²) in [6.45, 7) is 8.72. The van der Waals surface area contributed by atoms with Crippen molar-refractivity contribution < 1.29 is 14.6 Å². The normalized spacial score (nSPS) is 18.2. The van der Waals surface area contributed by atoms with Gasteiger partial charge in [0.25, 0.3) is 5.56 Å². The van der Waals surface area contributed by atoms with E-state index in [1.54, 1.807) is 29.4 Å². The monoisotopic (exact) mass is 412 g/mol. The number of hydrogen-bond donors (Lipinski definition) is 1. The zero-order valence-electron chi connectivity index (χ0n) is 18.3. The molecule has 1 amide bonds. The van der Waals surface area contributed by atoms with Crippen molar-refractivity contribution in [1.29, 1.82) is 0 Å². The van der Waals surface area contributed by atoms with E-state index < -0.39 is 5.60 Å². The molecule has 1 N–H and O–H groups in total. The average Bonchev–Trinajstić information content (AvgIpc) is 2.70. The molecule has 6 heteroatoms. The number of aryl methyl sites for hydroxylation is 1. The number of ether oxygens (including phenoxy) is 1. The molecule has 2 aromatic rings. The number of carbonyl (C=O) groups is 1. The fraction of sp³-hybridized carbons (Fsp3) is 0.500. The quantitative estimate of drug-likeness (QED) is 0.733. The number of pyridine rings is 1. The Balaban J connectivity index is 1.75. The van der Waals surface area contributed by atoms with E-state index in [1.807, 2.05) is 43.5 Å². The van der Waals surface area contributed by atoms with Crippen LogP contribution in [0.5, 0.6) is 0 Å². The number of rotatable bonds is 7. The number of aromatic nitrogens is 1. The zero-order chi connectivity index (χ0) is 21.9. The standard InChI is InChI=1S/C24H32N2O4/c1-5-21(26-14-13-20(30-23(26)28)15-24(3,4)29)18-9-7-17(8-10-18)19-11-12-22(27)25(6-2)16-19/h7-12,16,20-21,29H,5-6,13-15H2,1-4H3/t20?,21-/m0/s1. The van der Waals surface area contributed by atoms with E-state index in [0.29, 0.717) is 25.9 Å². The molecular formula is C24H32N2O4. The zero-order valence-corrected chi connectivity index (χ0v) is 18.3. The van der Waals surface area contributed by atoms with E-state index in [0.717, 1.165) is 23.1 Å². The van der Waals surface area contributed by atoms with Gasteiger partial charge in [-0.3, -0.25) is 4.79 Å². The third kappa shape index (κ3) is 5.11. The summed E-state index contributed by atoms with van der Waals surface area (Å²) in [5.41, 5.74) is 2.22. The highest BCUT2D eigenvalue weighted by Gasteiger charge is 2.34. The first-order valence-corrected chi connectivity index (χ1v) is 10.7. The summed E-state index contributed by atoms with van der Waals surface area (Å²) in [6, 6.07) is 11.5. The lowest BCUT2D eigenvalue weighted by molar-refractivity contribution is -0.0325. The maximum Gasteiger partial charge on any atom is 0.410 e. The predicted molar refractivity (Wildman–Crippen MR) is 117 cm³/mol. The molecular weight excluding hydrogens is 380 g/mol. The summed E-state index contributed by atoms with van der Waals surface area (Å²) in [5.74, 6) is 0. The molecule has 3 rings (SSSR count). The van der Waals surface area contributed by atoms with Crippen molar-refractivity contribution >= 4 is 6.09 Å². The lowest BCUT2D eigenvalue weighted by Crippen LogP contribution is -2.45. The maximum absolute atomic E-state index is 12.6. The topological polar surface area (TPSA) is 71.8 Å². The van der Waals surface area contributed by atoms with Gasteiger partial charge in [-0.2, -0.15) is 0 Å². The molecule has 162 valence electrons. The van der Waals surface area contributed by atoms with Gasteiger partial charge in [0.1, 0.15) is 6.10 Å². The minimum Gasteiger partial charge on any atom is -0.446 e. The first-order chi connectivity index (χ1) is 14.2. The van der Waals surface area contributed by atoms with Gasteiger partial charge in [0, 0.05) is 38.2 Å². The molecule has 0 saturated carbocycles. The fourth-order valence-corrected chi connectivity index (χ4v) is 4.11. The maximum atomic E-state index is 12.6. The van der Waals surface area contributed by atoms with Crippen LogP contribution in [0.2, 0.25) is 0 Å². The van der Waals surface area contributed by atoms with E-state index in [9.17, 15) is 14.7 Å². The van der Waals surface area contributed by atoms with E-state index in [-0.39, 0.29) is 23.8 Å². The van der Waals surface area contributed by atoms with Crippen LogP contribution in [0.15, 0.2) is 47.4 Å². The highest BCUT2D eigenvalue weighted by atomic mass is 16.6. The average molecular weight is 413 g/mol. The molecule has 1 unspecified atom stereocenters. The van der Waals surface area contributed by atoms with Crippen LogP contribution in [0.3, 0.4) is 0 Å². The molecule has 1 saturated heterocycles. The van der Waals surface area contributed by atoms with Gasteiger partial charge < -0.3 is 19.3 Å². The van der Waals surface area contributed by atoms with Crippen LogP contribution in [0.1, 0.15) is 58.6 Å². The molecule has 1 aromatic carbocycles. The van der Waals surface area contributed by atoms with Crippen molar-refractivity contribution in [2.45, 2.75) is 71.2 Å². The van der Waals surface area contributed by atoms with Gasteiger partial charge >= 0.3 is 6.09 Å². The SMILES string of the molecule is CC[C@@H](c1ccc(-c2ccc(=O)n(CC)c2)cc1)N1CCC(CC(C)(C)O)OC1=O. The molecule has 0 aliphatic carbocycles. The minimum absolute atomic E-state index is 0.00424. The Bertz CT molecular complexity index is 927. The molecule has 0 spiro atoms. The van der Waals surface area contributed by atoms with Crippen molar-refractivity contribution in [2.75, 3.05) is 6.54 Å². The van der Waals surface area contributed by atoms with Gasteiger partial charge in [-0.25, -0.2) is 4.79 Å². The van der Waals surface area contributed by atoms with Gasteiger partial charge in [-0.1, -0.05) is 31.2 Å². The van der Waals surface area contributed by atoms with Gasteiger partial charge in [0.15, 0.2) is 0 Å². The Hall–Kier alpha value is -2.60. The van der Waals surface area contributed by atoms with Crippen LogP contribution in [-0.4, -0.2) is 38.9 Å². The van der Waals surface area contributed by atoms with Crippen molar-refractivity contribution in [2.24, 2.45) is 0 Å². The highest BCUT2D eigenvalue weighted by molar-refractivity contribution is 5.69. The summed E-state index contributed by atoms with van der Waals surface area (Å²) in [5, 5.41) is 10.00. The van der Waals surface area contributed by atoms with E-state index in [1.165, 1.54) is 0 Å². The summed E-state index contributed by atoms with van der Waals surface area (Å²) in [4.78, 5) is 26.3. The molecule has 2 atom stereocenters. The molecule has 0 bridgehead atoms. The first-order valence-electron chi connectivity index (χ1n) is 10.7. The number of nitrogens with zero attached hydrogens (tertiary/aromatic N) is 2. The predicted octanol–water partition coefficient (Wildman–Crippen LogP) is 4.36. The van der Waals surface area contributed by atoms with Gasteiger partial charge in [0.05, 0.1) is 11.6 Å². The summed E-state index contributed by atoms with van der Waals surface area (Å²) >= 11 is 0. The second-order valence-corrected chi connectivity index (χ2v) is 8.59. The molecule has 6 nitrogen and oxygen atoms in total. The van der Waals surface area contributed by atoms with Crippen LogP contribution in [0, 0.1) is 0 Å². The van der Waals surface area contributed by atoms with Gasteiger partial charge in [-0.05, 0) is 49.9 Å². The van der Waals surface area contributed by atoms with Crippen molar-refractivity contribution in [3.63, 3.8) is 0 Å². The Labute approximate surface area is 178 Å². The number of carbonyl (C=O) groups excluding carboxylic acids is 1. The van der Waals surface area contributed by atoms with E-state index in [4.69, 9.17) is 4.74 Å². The van der Waals surface area contributed by atoms with Crippen LogP contribution in [0.25, 0.3) is 11.1 Å². The van der Waals surface area contributed by atoms with Gasteiger partial charge in [0.2, 0.25) is 0 Å².